The average Bonchev–Trinajstić information content (AvgIpc) is 2.69. The lowest BCUT2D eigenvalue weighted by molar-refractivity contribution is 0.270. The molecule has 0 atom stereocenters. The zero-order chi connectivity index (χ0) is 8.93. The van der Waals surface area contributed by atoms with Crippen molar-refractivity contribution in [3.05, 3.63) is 54.5 Å². The Balaban J connectivity index is 1.94. The van der Waals surface area contributed by atoms with Crippen molar-refractivity contribution in [2.75, 3.05) is 0 Å². The highest BCUT2D eigenvalue weighted by molar-refractivity contribution is 5.19. The topological polar surface area (TPSA) is 22.4 Å². The fourth-order valence-electron chi connectivity index (χ4n) is 1.01. The Morgan fingerprint density at radius 2 is 2.23 bits per heavy atom. The molecule has 0 saturated carbocycles. The molecule has 1 heterocycles. The summed E-state index contributed by atoms with van der Waals surface area (Å²) in [5.74, 6) is 1.55. The molecule has 0 N–H and O–H groups in total. The molecule has 2 nitrogen and oxygen atoms in total. The zero-order valence-electron chi connectivity index (χ0n) is 7.07. The molecule has 65 valence electrons. The molecule has 0 unspecified atom stereocenters. The molecule has 2 heteroatoms. The Hall–Kier alpha value is -1.70. The van der Waals surface area contributed by atoms with Crippen LogP contribution in [-0.4, -0.2) is 0 Å². The van der Waals surface area contributed by atoms with Gasteiger partial charge in [-0.15, -0.1) is 0 Å². The summed E-state index contributed by atoms with van der Waals surface area (Å²) in [5.41, 5.74) is 0. The molecule has 0 spiro atoms. The third-order valence-electron chi connectivity index (χ3n) is 1.63. The van der Waals surface area contributed by atoms with Crippen molar-refractivity contribution in [1.82, 2.24) is 0 Å². The molecule has 0 aliphatic rings. The van der Waals surface area contributed by atoms with E-state index >= 15 is 0 Å². The molecule has 0 amide bonds. The van der Waals surface area contributed by atoms with Crippen molar-refractivity contribution >= 4 is 0 Å². The lowest BCUT2D eigenvalue weighted by Gasteiger charge is -2.01. The van der Waals surface area contributed by atoms with E-state index in [2.05, 4.69) is 6.07 Å². The quantitative estimate of drug-likeness (QED) is 0.711. The molecular weight excluding hydrogens is 164 g/mol. The van der Waals surface area contributed by atoms with Gasteiger partial charge in [-0.25, -0.2) is 0 Å². The molecule has 1 aromatic carbocycles. The average molecular weight is 173 g/mol. The summed E-state index contributed by atoms with van der Waals surface area (Å²) in [4.78, 5) is 0. The number of para-hydroxylation sites is 1. The largest absolute Gasteiger partial charge is 0.485 e. The van der Waals surface area contributed by atoms with Crippen molar-refractivity contribution < 1.29 is 9.15 Å². The van der Waals surface area contributed by atoms with Gasteiger partial charge in [0.2, 0.25) is 0 Å². The van der Waals surface area contributed by atoms with Crippen LogP contribution in [0.4, 0.5) is 0 Å². The van der Waals surface area contributed by atoms with Gasteiger partial charge >= 0.3 is 0 Å². The van der Waals surface area contributed by atoms with E-state index in [0.29, 0.717) is 6.61 Å². The maximum Gasteiger partial charge on any atom is 0.146 e. The molecule has 1 radical (unpaired) electrons. The van der Waals surface area contributed by atoms with E-state index in [1.165, 1.54) is 0 Å². The Bertz CT molecular complexity index is 338. The lowest BCUT2D eigenvalue weighted by Crippen LogP contribution is -1.92. The van der Waals surface area contributed by atoms with Gasteiger partial charge in [-0.05, 0) is 18.2 Å². The molecule has 0 bridgehead atoms. The molecule has 2 rings (SSSR count). The minimum Gasteiger partial charge on any atom is -0.485 e. The standard InChI is InChI=1S/C11H9O2/c1-2-5-10(6-3-1)13-9-11-7-4-8-12-11/h1-5,7-8H,9H2. The minimum atomic E-state index is 0.452. The summed E-state index contributed by atoms with van der Waals surface area (Å²) < 4.78 is 10.5. The highest BCUT2D eigenvalue weighted by atomic mass is 16.5. The predicted molar refractivity (Wildman–Crippen MR) is 48.3 cm³/mol. The van der Waals surface area contributed by atoms with E-state index in [4.69, 9.17) is 9.15 Å². The Labute approximate surface area is 76.8 Å². The second-order valence-electron chi connectivity index (χ2n) is 2.59. The van der Waals surface area contributed by atoms with Crippen LogP contribution >= 0.6 is 0 Å². The summed E-state index contributed by atoms with van der Waals surface area (Å²) in [6.07, 6.45) is 1.63. The first kappa shape index (κ1) is 7.92. The van der Waals surface area contributed by atoms with Crippen molar-refractivity contribution in [1.29, 1.82) is 0 Å². The van der Waals surface area contributed by atoms with E-state index in [1.54, 1.807) is 6.26 Å². The smallest absolute Gasteiger partial charge is 0.146 e. The van der Waals surface area contributed by atoms with Crippen molar-refractivity contribution in [3.63, 3.8) is 0 Å². The zero-order valence-corrected chi connectivity index (χ0v) is 7.07. The van der Waals surface area contributed by atoms with Gasteiger partial charge in [0.15, 0.2) is 0 Å². The monoisotopic (exact) mass is 173 g/mol. The van der Waals surface area contributed by atoms with E-state index in [1.807, 2.05) is 36.4 Å². The number of ether oxygens (including phenoxy) is 1. The lowest BCUT2D eigenvalue weighted by atomic mass is 10.3. The molecule has 0 aliphatic heterocycles. The number of benzene rings is 1. The van der Waals surface area contributed by atoms with Gasteiger partial charge in [0.05, 0.1) is 6.26 Å². The van der Waals surface area contributed by atoms with Crippen LogP contribution in [0.5, 0.6) is 5.75 Å². The van der Waals surface area contributed by atoms with Crippen LogP contribution < -0.4 is 4.74 Å². The van der Waals surface area contributed by atoms with Gasteiger partial charge < -0.3 is 9.15 Å². The van der Waals surface area contributed by atoms with Crippen LogP contribution in [0, 0.1) is 6.07 Å². The van der Waals surface area contributed by atoms with E-state index < -0.39 is 0 Å². The molecule has 0 aliphatic carbocycles. The van der Waals surface area contributed by atoms with Gasteiger partial charge in [0, 0.05) is 6.07 Å². The van der Waals surface area contributed by atoms with Crippen LogP contribution in [0.15, 0.2) is 47.1 Å². The van der Waals surface area contributed by atoms with E-state index in [9.17, 15) is 0 Å². The van der Waals surface area contributed by atoms with Crippen LogP contribution in [0.3, 0.4) is 0 Å². The number of hydrogen-bond donors (Lipinski definition) is 0. The predicted octanol–water partition coefficient (Wildman–Crippen LogP) is 2.66. The van der Waals surface area contributed by atoms with Crippen LogP contribution in [0.2, 0.25) is 0 Å². The maximum absolute atomic E-state index is 5.40. The van der Waals surface area contributed by atoms with Gasteiger partial charge in [-0.2, -0.15) is 0 Å². The molecule has 2 aromatic rings. The summed E-state index contributed by atoms with van der Waals surface area (Å²) in [5, 5.41) is 0. The maximum atomic E-state index is 5.40. The number of furan rings is 1. The fourth-order valence-corrected chi connectivity index (χ4v) is 1.01. The highest BCUT2D eigenvalue weighted by Crippen LogP contribution is 2.10. The van der Waals surface area contributed by atoms with Crippen molar-refractivity contribution in [3.8, 4) is 5.75 Å². The molecule has 0 fully saturated rings. The molecule has 13 heavy (non-hydrogen) atoms. The van der Waals surface area contributed by atoms with Crippen LogP contribution in [-0.2, 0) is 6.61 Å². The van der Waals surface area contributed by atoms with Gasteiger partial charge in [0.25, 0.3) is 0 Å². The Kier molecular flexibility index (Phi) is 2.32. The second kappa shape index (κ2) is 3.81. The van der Waals surface area contributed by atoms with Gasteiger partial charge in [-0.3, -0.25) is 0 Å². The summed E-state index contributed by atoms with van der Waals surface area (Å²) >= 11 is 0. The van der Waals surface area contributed by atoms with Crippen molar-refractivity contribution in [2.45, 2.75) is 6.61 Å². The van der Waals surface area contributed by atoms with Gasteiger partial charge in [0.1, 0.15) is 18.1 Å². The molecule has 0 saturated heterocycles. The first-order valence-corrected chi connectivity index (χ1v) is 4.07. The third-order valence-corrected chi connectivity index (χ3v) is 1.63. The van der Waals surface area contributed by atoms with Gasteiger partial charge in [-0.1, -0.05) is 18.2 Å². The number of hydrogen-bond acceptors (Lipinski definition) is 2. The minimum absolute atomic E-state index is 0.452. The normalized spacial score (nSPS) is 9.85. The van der Waals surface area contributed by atoms with Crippen LogP contribution in [0.25, 0.3) is 0 Å². The highest BCUT2D eigenvalue weighted by Gasteiger charge is 1.96. The Morgan fingerprint density at radius 1 is 1.23 bits per heavy atom. The summed E-state index contributed by atoms with van der Waals surface area (Å²) in [6.45, 7) is 0.452. The first-order valence-electron chi connectivity index (χ1n) is 4.07. The number of rotatable bonds is 3. The summed E-state index contributed by atoms with van der Waals surface area (Å²) in [7, 11) is 0. The third kappa shape index (κ3) is 2.12. The second-order valence-corrected chi connectivity index (χ2v) is 2.59. The van der Waals surface area contributed by atoms with E-state index in [0.717, 1.165) is 11.5 Å². The van der Waals surface area contributed by atoms with Crippen LogP contribution in [0.1, 0.15) is 5.76 Å². The fraction of sp³-hybridized carbons (Fsp3) is 0.0909. The van der Waals surface area contributed by atoms with Crippen molar-refractivity contribution in [2.24, 2.45) is 0 Å². The summed E-state index contributed by atoms with van der Waals surface area (Å²) in [6, 6.07) is 14.2. The first-order chi connectivity index (χ1) is 6.45. The Morgan fingerprint density at radius 3 is 2.92 bits per heavy atom. The molecular formula is C11H9O2. The molecule has 1 aromatic heterocycles. The SMILES string of the molecule is [c]1ccccc1OCc1ccco1. The van der Waals surface area contributed by atoms with E-state index in [-0.39, 0.29) is 0 Å².